The third-order valence-electron chi connectivity index (χ3n) is 3.91. The lowest BCUT2D eigenvalue weighted by atomic mass is 9.84. The van der Waals surface area contributed by atoms with E-state index in [9.17, 15) is 18.0 Å². The number of ether oxygens (including phenoxy) is 1. The van der Waals surface area contributed by atoms with Crippen LogP contribution in [-0.2, 0) is 0 Å². The van der Waals surface area contributed by atoms with Gasteiger partial charge in [-0.3, -0.25) is 4.79 Å². The molecule has 0 aromatic heterocycles. The standard InChI is InChI=1S/C15H17ClF3NO2/c1-22-13-7-6-9(16)8-10(13)14(21)20-12-5-3-2-4-11(12)15(17,18)19/h6-8,11-12H,2-5H2,1H3,(H,20,21)/t11-,12-/m1/s1. The molecule has 1 fully saturated rings. The number of methoxy groups -OCH3 is 1. The molecule has 0 unspecified atom stereocenters. The molecule has 22 heavy (non-hydrogen) atoms. The number of nitrogens with one attached hydrogen (secondary N) is 1. The summed E-state index contributed by atoms with van der Waals surface area (Å²) in [7, 11) is 1.39. The van der Waals surface area contributed by atoms with Gasteiger partial charge in [-0.05, 0) is 31.0 Å². The first-order chi connectivity index (χ1) is 10.3. The number of benzene rings is 1. The Kier molecular flexibility index (Phi) is 5.21. The molecule has 1 aliphatic carbocycles. The molecule has 1 aromatic carbocycles. The summed E-state index contributed by atoms with van der Waals surface area (Å²) in [6.07, 6.45) is -2.75. The fourth-order valence-electron chi connectivity index (χ4n) is 2.80. The molecule has 0 aliphatic heterocycles. The van der Waals surface area contributed by atoms with Crippen molar-refractivity contribution in [2.45, 2.75) is 37.9 Å². The van der Waals surface area contributed by atoms with E-state index in [0.29, 0.717) is 24.3 Å². The van der Waals surface area contributed by atoms with Crippen LogP contribution in [0.3, 0.4) is 0 Å². The predicted molar refractivity (Wildman–Crippen MR) is 77.3 cm³/mol. The zero-order chi connectivity index (χ0) is 16.3. The Balaban J connectivity index is 2.18. The van der Waals surface area contributed by atoms with Crippen molar-refractivity contribution < 1.29 is 22.7 Å². The van der Waals surface area contributed by atoms with E-state index in [1.807, 2.05) is 0 Å². The van der Waals surface area contributed by atoms with Crippen molar-refractivity contribution in [1.82, 2.24) is 5.32 Å². The molecule has 1 N–H and O–H groups in total. The van der Waals surface area contributed by atoms with Gasteiger partial charge in [0.2, 0.25) is 0 Å². The normalized spacial score (nSPS) is 22.2. The van der Waals surface area contributed by atoms with Gasteiger partial charge in [0.1, 0.15) is 5.75 Å². The molecule has 1 amide bonds. The van der Waals surface area contributed by atoms with Crippen molar-refractivity contribution in [3.8, 4) is 5.75 Å². The average Bonchev–Trinajstić information content (AvgIpc) is 2.46. The number of amides is 1. The summed E-state index contributed by atoms with van der Waals surface area (Å²) in [4.78, 5) is 12.3. The maximum Gasteiger partial charge on any atom is 0.393 e. The van der Waals surface area contributed by atoms with E-state index >= 15 is 0 Å². The first-order valence-electron chi connectivity index (χ1n) is 7.04. The minimum Gasteiger partial charge on any atom is -0.496 e. The Morgan fingerprint density at radius 3 is 2.64 bits per heavy atom. The third kappa shape index (κ3) is 3.85. The van der Waals surface area contributed by atoms with Crippen LogP contribution in [0, 0.1) is 5.92 Å². The monoisotopic (exact) mass is 335 g/mol. The Hall–Kier alpha value is -1.43. The number of alkyl halides is 3. The number of carbonyl (C=O) groups excluding carboxylic acids is 1. The number of hydrogen-bond acceptors (Lipinski definition) is 2. The summed E-state index contributed by atoms with van der Waals surface area (Å²) in [5.41, 5.74) is 0.140. The molecular weight excluding hydrogens is 319 g/mol. The SMILES string of the molecule is COc1ccc(Cl)cc1C(=O)N[C@@H]1CCCC[C@H]1C(F)(F)F. The van der Waals surface area contributed by atoms with Crippen LogP contribution in [0.15, 0.2) is 18.2 Å². The van der Waals surface area contributed by atoms with Crippen LogP contribution in [0.1, 0.15) is 36.0 Å². The van der Waals surface area contributed by atoms with Crippen LogP contribution in [0.5, 0.6) is 5.75 Å². The number of rotatable bonds is 3. The lowest BCUT2D eigenvalue weighted by Crippen LogP contribution is -2.47. The van der Waals surface area contributed by atoms with Gasteiger partial charge in [-0.1, -0.05) is 24.4 Å². The summed E-state index contributed by atoms with van der Waals surface area (Å²) < 4.78 is 44.2. The molecule has 7 heteroatoms. The second kappa shape index (κ2) is 6.77. The molecule has 1 saturated carbocycles. The van der Waals surface area contributed by atoms with E-state index in [4.69, 9.17) is 16.3 Å². The molecular formula is C15H17ClF3NO2. The minimum atomic E-state index is -4.31. The molecule has 1 aliphatic rings. The van der Waals surface area contributed by atoms with Crippen LogP contribution < -0.4 is 10.1 Å². The molecule has 1 aromatic rings. The van der Waals surface area contributed by atoms with Crippen LogP contribution in [-0.4, -0.2) is 25.2 Å². The highest BCUT2D eigenvalue weighted by atomic mass is 35.5. The van der Waals surface area contributed by atoms with E-state index in [1.165, 1.54) is 19.2 Å². The second-order valence-corrected chi connectivity index (χ2v) is 5.79. The van der Waals surface area contributed by atoms with Crippen molar-refractivity contribution >= 4 is 17.5 Å². The van der Waals surface area contributed by atoms with Gasteiger partial charge in [0.15, 0.2) is 0 Å². The van der Waals surface area contributed by atoms with Gasteiger partial charge in [-0.15, -0.1) is 0 Å². The fourth-order valence-corrected chi connectivity index (χ4v) is 2.97. The average molecular weight is 336 g/mol. The predicted octanol–water partition coefficient (Wildman–Crippen LogP) is 4.20. The highest BCUT2D eigenvalue weighted by Gasteiger charge is 2.46. The van der Waals surface area contributed by atoms with Gasteiger partial charge >= 0.3 is 6.18 Å². The lowest BCUT2D eigenvalue weighted by Gasteiger charge is -2.33. The summed E-state index contributed by atoms with van der Waals surface area (Å²) in [5.74, 6) is -1.82. The van der Waals surface area contributed by atoms with Crippen molar-refractivity contribution in [2.24, 2.45) is 5.92 Å². The molecule has 0 spiro atoms. The molecule has 0 saturated heterocycles. The van der Waals surface area contributed by atoms with Crippen LogP contribution in [0.2, 0.25) is 5.02 Å². The first-order valence-corrected chi connectivity index (χ1v) is 7.42. The number of halogens is 4. The van der Waals surface area contributed by atoms with Crippen molar-refractivity contribution in [3.63, 3.8) is 0 Å². The van der Waals surface area contributed by atoms with E-state index in [0.717, 1.165) is 0 Å². The molecule has 3 nitrogen and oxygen atoms in total. The van der Waals surface area contributed by atoms with E-state index in [1.54, 1.807) is 6.07 Å². The van der Waals surface area contributed by atoms with Gasteiger partial charge in [-0.2, -0.15) is 13.2 Å². The zero-order valence-corrected chi connectivity index (χ0v) is 12.8. The third-order valence-corrected chi connectivity index (χ3v) is 4.14. The highest BCUT2D eigenvalue weighted by Crippen LogP contribution is 2.38. The molecule has 2 atom stereocenters. The lowest BCUT2D eigenvalue weighted by molar-refractivity contribution is -0.187. The quantitative estimate of drug-likeness (QED) is 0.899. The topological polar surface area (TPSA) is 38.3 Å². The highest BCUT2D eigenvalue weighted by molar-refractivity contribution is 6.31. The van der Waals surface area contributed by atoms with Crippen LogP contribution in [0.25, 0.3) is 0 Å². The van der Waals surface area contributed by atoms with Crippen LogP contribution in [0.4, 0.5) is 13.2 Å². The molecule has 2 rings (SSSR count). The largest absolute Gasteiger partial charge is 0.496 e. The summed E-state index contributed by atoms with van der Waals surface area (Å²) in [6, 6.07) is 3.54. The first kappa shape index (κ1) is 16.9. The summed E-state index contributed by atoms with van der Waals surface area (Å²) in [6.45, 7) is 0. The van der Waals surface area contributed by atoms with Gasteiger partial charge in [0, 0.05) is 11.1 Å². The maximum absolute atomic E-state index is 13.1. The number of carbonyl (C=O) groups is 1. The smallest absolute Gasteiger partial charge is 0.393 e. The second-order valence-electron chi connectivity index (χ2n) is 5.36. The molecule has 0 heterocycles. The van der Waals surface area contributed by atoms with E-state index < -0.39 is 24.0 Å². The molecule has 122 valence electrons. The van der Waals surface area contributed by atoms with Gasteiger partial charge in [0.25, 0.3) is 5.91 Å². The molecule has 0 radical (unpaired) electrons. The summed E-state index contributed by atoms with van der Waals surface area (Å²) in [5, 5.41) is 2.82. The maximum atomic E-state index is 13.1. The van der Waals surface area contributed by atoms with E-state index in [-0.39, 0.29) is 17.7 Å². The van der Waals surface area contributed by atoms with Crippen LogP contribution >= 0.6 is 11.6 Å². The fraction of sp³-hybridized carbons (Fsp3) is 0.533. The van der Waals surface area contributed by atoms with Gasteiger partial charge < -0.3 is 10.1 Å². The minimum absolute atomic E-state index is 0.0428. The summed E-state index contributed by atoms with van der Waals surface area (Å²) >= 11 is 5.85. The van der Waals surface area contributed by atoms with Gasteiger partial charge in [-0.25, -0.2) is 0 Å². The van der Waals surface area contributed by atoms with Crippen molar-refractivity contribution in [1.29, 1.82) is 0 Å². The number of hydrogen-bond donors (Lipinski definition) is 1. The van der Waals surface area contributed by atoms with E-state index in [2.05, 4.69) is 5.32 Å². The Morgan fingerprint density at radius 2 is 2.00 bits per heavy atom. The molecule has 0 bridgehead atoms. The Bertz CT molecular complexity index is 548. The Labute approximate surface area is 131 Å². The van der Waals surface area contributed by atoms with Gasteiger partial charge in [0.05, 0.1) is 18.6 Å². The van der Waals surface area contributed by atoms with Crippen molar-refractivity contribution in [2.75, 3.05) is 7.11 Å². The van der Waals surface area contributed by atoms with Crippen molar-refractivity contribution in [3.05, 3.63) is 28.8 Å². The zero-order valence-electron chi connectivity index (χ0n) is 12.0. The Morgan fingerprint density at radius 1 is 1.32 bits per heavy atom.